The summed E-state index contributed by atoms with van der Waals surface area (Å²) in [6, 6.07) is 0.409. The standard InChI is InChI=1S/C12H22N4/c1-2-16-7-6-14-12(16)15-9-10-4-3-5-11(13)8-10/h6-7,10-11H,2-5,8-9,13H2,1H3,(H,14,15). The molecule has 1 aromatic rings. The third-order valence-corrected chi connectivity index (χ3v) is 3.43. The molecule has 1 aromatic heterocycles. The number of rotatable bonds is 4. The Kier molecular flexibility index (Phi) is 3.83. The minimum atomic E-state index is 0.409. The van der Waals surface area contributed by atoms with Crippen molar-refractivity contribution in [1.82, 2.24) is 9.55 Å². The van der Waals surface area contributed by atoms with Crippen LogP contribution in [0.25, 0.3) is 0 Å². The van der Waals surface area contributed by atoms with Gasteiger partial charge in [0.2, 0.25) is 5.95 Å². The molecule has 2 unspecified atom stereocenters. The largest absolute Gasteiger partial charge is 0.355 e. The molecule has 1 aliphatic rings. The van der Waals surface area contributed by atoms with Crippen molar-refractivity contribution < 1.29 is 0 Å². The Morgan fingerprint density at radius 1 is 1.56 bits per heavy atom. The van der Waals surface area contributed by atoms with E-state index in [0.29, 0.717) is 12.0 Å². The van der Waals surface area contributed by atoms with Crippen LogP contribution in [0, 0.1) is 5.92 Å². The van der Waals surface area contributed by atoms with Crippen LogP contribution in [-0.2, 0) is 6.54 Å². The molecule has 90 valence electrons. The van der Waals surface area contributed by atoms with Crippen molar-refractivity contribution in [3.8, 4) is 0 Å². The van der Waals surface area contributed by atoms with Gasteiger partial charge in [0, 0.05) is 31.5 Å². The van der Waals surface area contributed by atoms with Crippen LogP contribution in [0.4, 0.5) is 5.95 Å². The molecule has 4 nitrogen and oxygen atoms in total. The Balaban J connectivity index is 1.82. The lowest BCUT2D eigenvalue weighted by Gasteiger charge is -2.26. The Bertz CT molecular complexity index is 321. The second kappa shape index (κ2) is 5.34. The van der Waals surface area contributed by atoms with E-state index >= 15 is 0 Å². The molecule has 0 spiro atoms. The summed E-state index contributed by atoms with van der Waals surface area (Å²) in [4.78, 5) is 4.31. The van der Waals surface area contributed by atoms with Crippen LogP contribution < -0.4 is 11.1 Å². The molecule has 0 aliphatic heterocycles. The fraction of sp³-hybridized carbons (Fsp3) is 0.750. The molecule has 2 rings (SSSR count). The predicted molar refractivity (Wildman–Crippen MR) is 66.3 cm³/mol. The van der Waals surface area contributed by atoms with Crippen molar-refractivity contribution in [3.05, 3.63) is 12.4 Å². The molecular weight excluding hydrogens is 200 g/mol. The maximum Gasteiger partial charge on any atom is 0.202 e. The summed E-state index contributed by atoms with van der Waals surface area (Å²) >= 11 is 0. The normalized spacial score (nSPS) is 25.6. The van der Waals surface area contributed by atoms with Gasteiger partial charge in [-0.05, 0) is 32.1 Å². The van der Waals surface area contributed by atoms with E-state index in [1.54, 1.807) is 0 Å². The molecule has 1 heterocycles. The Labute approximate surface area is 97.2 Å². The van der Waals surface area contributed by atoms with E-state index in [-0.39, 0.29) is 0 Å². The first kappa shape index (κ1) is 11.5. The van der Waals surface area contributed by atoms with Crippen molar-refractivity contribution >= 4 is 5.95 Å². The fourth-order valence-electron chi connectivity index (χ4n) is 2.49. The molecule has 0 saturated heterocycles. The molecule has 0 radical (unpaired) electrons. The maximum atomic E-state index is 5.98. The molecule has 16 heavy (non-hydrogen) atoms. The van der Waals surface area contributed by atoms with Crippen molar-refractivity contribution in [1.29, 1.82) is 0 Å². The highest BCUT2D eigenvalue weighted by Crippen LogP contribution is 2.23. The number of anilines is 1. The highest BCUT2D eigenvalue weighted by molar-refractivity contribution is 5.25. The first-order valence-electron chi connectivity index (χ1n) is 6.30. The van der Waals surface area contributed by atoms with Gasteiger partial charge in [-0.15, -0.1) is 0 Å². The van der Waals surface area contributed by atoms with Crippen LogP contribution in [-0.4, -0.2) is 22.1 Å². The lowest BCUT2D eigenvalue weighted by atomic mass is 9.86. The summed E-state index contributed by atoms with van der Waals surface area (Å²) in [7, 11) is 0. The third-order valence-electron chi connectivity index (χ3n) is 3.43. The molecule has 1 aliphatic carbocycles. The lowest BCUT2D eigenvalue weighted by Crippen LogP contribution is -2.31. The van der Waals surface area contributed by atoms with Gasteiger partial charge in [0.1, 0.15) is 0 Å². The minimum absolute atomic E-state index is 0.409. The number of nitrogens with zero attached hydrogens (tertiary/aromatic N) is 2. The first-order valence-corrected chi connectivity index (χ1v) is 6.30. The maximum absolute atomic E-state index is 5.98. The summed E-state index contributed by atoms with van der Waals surface area (Å²) < 4.78 is 2.13. The molecule has 0 aromatic carbocycles. The number of hydrogen-bond donors (Lipinski definition) is 2. The number of imidazole rings is 1. The van der Waals surface area contributed by atoms with E-state index in [9.17, 15) is 0 Å². The molecule has 4 heteroatoms. The number of aryl methyl sites for hydroxylation is 1. The van der Waals surface area contributed by atoms with Gasteiger partial charge in [-0.1, -0.05) is 6.42 Å². The van der Waals surface area contributed by atoms with E-state index in [2.05, 4.69) is 21.8 Å². The van der Waals surface area contributed by atoms with E-state index in [1.165, 1.54) is 19.3 Å². The second-order valence-electron chi connectivity index (χ2n) is 4.71. The van der Waals surface area contributed by atoms with Crippen molar-refractivity contribution in [2.24, 2.45) is 11.7 Å². The molecule has 2 atom stereocenters. The van der Waals surface area contributed by atoms with Crippen LogP contribution in [0.1, 0.15) is 32.6 Å². The Hall–Kier alpha value is -1.03. The summed E-state index contributed by atoms with van der Waals surface area (Å²) in [6.45, 7) is 4.10. The quantitative estimate of drug-likeness (QED) is 0.817. The molecule has 0 amide bonds. The van der Waals surface area contributed by atoms with Gasteiger partial charge < -0.3 is 15.6 Å². The molecule has 0 bridgehead atoms. The molecular formula is C12H22N4. The van der Waals surface area contributed by atoms with E-state index in [4.69, 9.17) is 5.73 Å². The zero-order valence-electron chi connectivity index (χ0n) is 10.0. The van der Waals surface area contributed by atoms with Gasteiger partial charge in [0.25, 0.3) is 0 Å². The van der Waals surface area contributed by atoms with Gasteiger partial charge >= 0.3 is 0 Å². The topological polar surface area (TPSA) is 55.9 Å². The van der Waals surface area contributed by atoms with Crippen LogP contribution in [0.15, 0.2) is 12.4 Å². The van der Waals surface area contributed by atoms with Gasteiger partial charge in [-0.3, -0.25) is 0 Å². The average Bonchev–Trinajstić information content (AvgIpc) is 2.74. The molecule has 1 fully saturated rings. The summed E-state index contributed by atoms with van der Waals surface area (Å²) in [5.41, 5.74) is 5.98. The molecule has 3 N–H and O–H groups in total. The summed E-state index contributed by atoms with van der Waals surface area (Å²) in [5, 5.41) is 3.43. The highest BCUT2D eigenvalue weighted by atomic mass is 15.2. The zero-order chi connectivity index (χ0) is 11.4. The van der Waals surface area contributed by atoms with Gasteiger partial charge in [0.05, 0.1) is 0 Å². The summed E-state index contributed by atoms with van der Waals surface area (Å²) in [6.07, 6.45) is 8.77. The van der Waals surface area contributed by atoms with Gasteiger partial charge in [0.15, 0.2) is 0 Å². The zero-order valence-corrected chi connectivity index (χ0v) is 10.0. The Morgan fingerprint density at radius 2 is 2.44 bits per heavy atom. The number of nitrogens with one attached hydrogen (secondary N) is 1. The van der Waals surface area contributed by atoms with Crippen LogP contribution in [0.3, 0.4) is 0 Å². The van der Waals surface area contributed by atoms with Crippen LogP contribution in [0.5, 0.6) is 0 Å². The van der Waals surface area contributed by atoms with E-state index in [0.717, 1.165) is 25.5 Å². The Morgan fingerprint density at radius 3 is 3.19 bits per heavy atom. The SMILES string of the molecule is CCn1ccnc1NCC1CCCC(N)C1. The van der Waals surface area contributed by atoms with Crippen molar-refractivity contribution in [2.45, 2.75) is 45.2 Å². The molecule has 1 saturated carbocycles. The summed E-state index contributed by atoms with van der Waals surface area (Å²) in [5.74, 6) is 1.70. The first-order chi connectivity index (χ1) is 7.79. The number of hydrogen-bond acceptors (Lipinski definition) is 3. The van der Waals surface area contributed by atoms with Crippen LogP contribution >= 0.6 is 0 Å². The van der Waals surface area contributed by atoms with Crippen molar-refractivity contribution in [2.75, 3.05) is 11.9 Å². The van der Waals surface area contributed by atoms with E-state index in [1.807, 2.05) is 12.4 Å². The average molecular weight is 222 g/mol. The highest BCUT2D eigenvalue weighted by Gasteiger charge is 2.19. The second-order valence-corrected chi connectivity index (χ2v) is 4.71. The number of aromatic nitrogens is 2. The lowest BCUT2D eigenvalue weighted by molar-refractivity contribution is 0.334. The third kappa shape index (κ3) is 2.76. The van der Waals surface area contributed by atoms with E-state index < -0.39 is 0 Å². The van der Waals surface area contributed by atoms with Crippen LogP contribution in [0.2, 0.25) is 0 Å². The smallest absolute Gasteiger partial charge is 0.202 e. The van der Waals surface area contributed by atoms with Gasteiger partial charge in [-0.25, -0.2) is 4.98 Å². The van der Waals surface area contributed by atoms with Gasteiger partial charge in [-0.2, -0.15) is 0 Å². The predicted octanol–water partition coefficient (Wildman–Crippen LogP) is 1.83. The fourth-order valence-corrected chi connectivity index (χ4v) is 2.49. The number of nitrogens with two attached hydrogens (primary N) is 1. The van der Waals surface area contributed by atoms with Crippen molar-refractivity contribution in [3.63, 3.8) is 0 Å². The minimum Gasteiger partial charge on any atom is -0.355 e. The monoisotopic (exact) mass is 222 g/mol.